The van der Waals surface area contributed by atoms with E-state index in [1.807, 2.05) is 11.4 Å². The maximum Gasteiger partial charge on any atom is 0.393 e. The third-order valence-corrected chi connectivity index (χ3v) is 8.87. The summed E-state index contributed by atoms with van der Waals surface area (Å²) in [4.78, 5) is 13.8. The Balaban J connectivity index is 1.52. The van der Waals surface area contributed by atoms with Crippen molar-refractivity contribution >= 4 is 27.3 Å². The summed E-state index contributed by atoms with van der Waals surface area (Å²) in [7, 11) is -3.83. The number of carbonyl (C=O) groups is 1. The topological polar surface area (TPSA) is 66.5 Å². The molecule has 1 amide bonds. The fraction of sp³-hybridized carbons (Fsp3) is 0.476. The number of fused-ring (bicyclic) bond motifs is 1. The summed E-state index contributed by atoms with van der Waals surface area (Å²) in [5, 5.41) is 4.43. The molecule has 0 bridgehead atoms. The van der Waals surface area contributed by atoms with Gasteiger partial charge in [-0.2, -0.15) is 17.5 Å². The number of sulfonamides is 1. The first kappa shape index (κ1) is 22.3. The lowest BCUT2D eigenvalue weighted by atomic mass is 9.84. The van der Waals surface area contributed by atoms with Crippen molar-refractivity contribution in [1.29, 1.82) is 0 Å². The van der Waals surface area contributed by atoms with Crippen LogP contribution in [0.2, 0.25) is 0 Å². The average molecular weight is 473 g/mol. The Bertz CT molecular complexity index is 1070. The lowest BCUT2D eigenvalue weighted by molar-refractivity contribution is -0.187. The molecule has 168 valence electrons. The fourth-order valence-electron chi connectivity index (χ4n) is 4.32. The van der Waals surface area contributed by atoms with Crippen LogP contribution in [0.4, 0.5) is 13.2 Å². The second-order valence-corrected chi connectivity index (χ2v) is 10.9. The van der Waals surface area contributed by atoms with Crippen molar-refractivity contribution in [3.05, 3.63) is 51.7 Å². The van der Waals surface area contributed by atoms with E-state index in [9.17, 15) is 26.4 Å². The third-order valence-electron chi connectivity index (χ3n) is 6.01. The average Bonchev–Trinajstić information content (AvgIpc) is 3.21. The molecular formula is C21H23F3N2O3S2. The number of alkyl halides is 3. The lowest BCUT2D eigenvalue weighted by Crippen LogP contribution is -2.47. The van der Waals surface area contributed by atoms with Gasteiger partial charge in [-0.15, -0.1) is 11.3 Å². The number of nitrogens with one attached hydrogen (secondary N) is 1. The molecule has 2 aromatic rings. The predicted molar refractivity (Wildman–Crippen MR) is 111 cm³/mol. The molecule has 1 aliphatic carbocycles. The Labute approximate surface area is 183 Å². The van der Waals surface area contributed by atoms with Crippen LogP contribution in [0.25, 0.3) is 0 Å². The SMILES string of the molecule is O=C(NC1CCCCC1C(F)(F)F)c1cccc(S(=O)(=O)N2CCc3sccc3C2)c1. The van der Waals surface area contributed by atoms with Crippen LogP contribution >= 0.6 is 11.3 Å². The number of benzene rings is 1. The molecule has 0 radical (unpaired) electrons. The van der Waals surface area contributed by atoms with E-state index in [1.165, 1.54) is 33.4 Å². The Hall–Kier alpha value is -1.91. The molecular weight excluding hydrogens is 449 g/mol. The van der Waals surface area contributed by atoms with Crippen molar-refractivity contribution in [2.45, 2.75) is 55.8 Å². The van der Waals surface area contributed by atoms with Gasteiger partial charge in [-0.05, 0) is 54.5 Å². The lowest BCUT2D eigenvalue weighted by Gasteiger charge is -2.33. The summed E-state index contributed by atoms with van der Waals surface area (Å²) in [5.74, 6) is -2.26. The van der Waals surface area contributed by atoms with Gasteiger partial charge in [0.05, 0.1) is 10.8 Å². The van der Waals surface area contributed by atoms with Crippen molar-refractivity contribution in [3.8, 4) is 0 Å². The maximum absolute atomic E-state index is 13.3. The van der Waals surface area contributed by atoms with Crippen LogP contribution in [0.5, 0.6) is 0 Å². The summed E-state index contributed by atoms with van der Waals surface area (Å²) in [6.07, 6.45) is -2.41. The van der Waals surface area contributed by atoms with Crippen LogP contribution in [0, 0.1) is 5.92 Å². The number of nitrogens with zero attached hydrogens (tertiary/aromatic N) is 1. The molecule has 2 unspecified atom stereocenters. The van der Waals surface area contributed by atoms with Gasteiger partial charge in [-0.3, -0.25) is 4.79 Å². The molecule has 2 heterocycles. The van der Waals surface area contributed by atoms with E-state index in [0.29, 0.717) is 25.8 Å². The monoisotopic (exact) mass is 472 g/mol. The first-order valence-electron chi connectivity index (χ1n) is 10.2. The second-order valence-electron chi connectivity index (χ2n) is 8.00. The van der Waals surface area contributed by atoms with Crippen LogP contribution in [0.3, 0.4) is 0 Å². The predicted octanol–water partition coefficient (Wildman–Crippen LogP) is 4.35. The van der Waals surface area contributed by atoms with Gasteiger partial charge in [0.25, 0.3) is 5.91 Å². The van der Waals surface area contributed by atoms with Crippen molar-refractivity contribution < 1.29 is 26.4 Å². The zero-order valence-corrected chi connectivity index (χ0v) is 18.3. The van der Waals surface area contributed by atoms with E-state index in [0.717, 1.165) is 5.56 Å². The van der Waals surface area contributed by atoms with Gasteiger partial charge in [-0.25, -0.2) is 8.42 Å². The van der Waals surface area contributed by atoms with E-state index >= 15 is 0 Å². The van der Waals surface area contributed by atoms with Crippen molar-refractivity contribution in [3.63, 3.8) is 0 Å². The van der Waals surface area contributed by atoms with Crippen LogP contribution in [0.15, 0.2) is 40.6 Å². The number of thiophene rings is 1. The minimum atomic E-state index is -4.38. The molecule has 1 N–H and O–H groups in total. The molecule has 1 aliphatic heterocycles. The van der Waals surface area contributed by atoms with Gasteiger partial charge < -0.3 is 5.32 Å². The molecule has 0 saturated heterocycles. The molecule has 1 aromatic heterocycles. The minimum absolute atomic E-state index is 0.0115. The highest BCUT2D eigenvalue weighted by Crippen LogP contribution is 2.38. The van der Waals surface area contributed by atoms with Gasteiger partial charge in [0.1, 0.15) is 0 Å². The molecule has 0 spiro atoms. The minimum Gasteiger partial charge on any atom is -0.349 e. The Morgan fingerprint density at radius 3 is 2.71 bits per heavy atom. The quantitative estimate of drug-likeness (QED) is 0.720. The number of hydrogen-bond acceptors (Lipinski definition) is 4. The molecule has 4 rings (SSSR count). The standard InChI is InChI=1S/C21H23F3N2O3S2/c22-21(23,24)17-6-1-2-7-18(17)25-20(27)14-4-3-5-16(12-14)31(28,29)26-10-8-19-15(13-26)9-11-30-19/h3-5,9,11-12,17-18H,1-2,6-8,10,13H2,(H,25,27). The number of amides is 1. The van der Waals surface area contributed by atoms with Crippen molar-refractivity contribution in [1.82, 2.24) is 9.62 Å². The maximum atomic E-state index is 13.3. The Morgan fingerprint density at radius 1 is 1.16 bits per heavy atom. The summed E-state index contributed by atoms with van der Waals surface area (Å²) >= 11 is 1.60. The molecule has 31 heavy (non-hydrogen) atoms. The largest absolute Gasteiger partial charge is 0.393 e. The van der Waals surface area contributed by atoms with Gasteiger partial charge in [0.2, 0.25) is 10.0 Å². The normalized spacial score (nSPS) is 22.7. The highest BCUT2D eigenvalue weighted by atomic mass is 32.2. The van der Waals surface area contributed by atoms with E-state index in [1.54, 1.807) is 11.3 Å². The zero-order chi connectivity index (χ0) is 22.2. The van der Waals surface area contributed by atoms with Crippen LogP contribution in [0.1, 0.15) is 46.5 Å². The molecule has 1 fully saturated rings. The van der Waals surface area contributed by atoms with Crippen LogP contribution in [-0.2, 0) is 23.0 Å². The van der Waals surface area contributed by atoms with Gasteiger partial charge in [-0.1, -0.05) is 18.9 Å². The van der Waals surface area contributed by atoms with E-state index < -0.39 is 34.1 Å². The molecule has 2 aliphatic rings. The summed E-state index contributed by atoms with van der Waals surface area (Å²) in [6.45, 7) is 0.620. The molecule has 1 saturated carbocycles. The van der Waals surface area contributed by atoms with Gasteiger partial charge >= 0.3 is 6.18 Å². The van der Waals surface area contributed by atoms with Crippen molar-refractivity contribution in [2.24, 2.45) is 5.92 Å². The van der Waals surface area contributed by atoms with E-state index in [2.05, 4.69) is 5.32 Å². The van der Waals surface area contributed by atoms with Crippen LogP contribution < -0.4 is 5.32 Å². The number of halogens is 3. The number of hydrogen-bond donors (Lipinski definition) is 1. The van der Waals surface area contributed by atoms with Gasteiger partial charge in [0.15, 0.2) is 0 Å². The highest BCUT2D eigenvalue weighted by Gasteiger charge is 2.46. The second kappa shape index (κ2) is 8.55. The molecule has 2 atom stereocenters. The molecule has 5 nitrogen and oxygen atoms in total. The third kappa shape index (κ3) is 4.65. The van der Waals surface area contributed by atoms with E-state index in [-0.39, 0.29) is 29.8 Å². The zero-order valence-electron chi connectivity index (χ0n) is 16.7. The smallest absolute Gasteiger partial charge is 0.349 e. The molecule has 1 aromatic carbocycles. The molecule has 10 heteroatoms. The van der Waals surface area contributed by atoms with Crippen molar-refractivity contribution in [2.75, 3.05) is 6.54 Å². The summed E-state index contributed by atoms with van der Waals surface area (Å²) < 4.78 is 67.6. The Kier molecular flexibility index (Phi) is 6.15. The van der Waals surface area contributed by atoms with E-state index in [4.69, 9.17) is 0 Å². The summed E-state index contributed by atoms with van der Waals surface area (Å²) in [6, 6.07) is 6.44. The number of carbonyl (C=O) groups excluding carboxylic acids is 1. The fourth-order valence-corrected chi connectivity index (χ4v) is 6.68. The highest BCUT2D eigenvalue weighted by molar-refractivity contribution is 7.89. The first-order valence-corrected chi connectivity index (χ1v) is 12.5. The number of rotatable bonds is 4. The van der Waals surface area contributed by atoms with Crippen LogP contribution in [-0.4, -0.2) is 37.4 Å². The Morgan fingerprint density at radius 2 is 1.94 bits per heavy atom. The van der Waals surface area contributed by atoms with Gasteiger partial charge in [0, 0.05) is 29.6 Å². The first-order chi connectivity index (χ1) is 14.7. The summed E-state index contributed by atoms with van der Waals surface area (Å²) in [5.41, 5.74) is 1.02.